The highest BCUT2D eigenvalue weighted by molar-refractivity contribution is 5.94. The maximum atomic E-state index is 12.5. The van der Waals surface area contributed by atoms with E-state index in [2.05, 4.69) is 31.1 Å². The Labute approximate surface area is 111 Å². The molecule has 0 radical (unpaired) electrons. The van der Waals surface area contributed by atoms with Crippen molar-refractivity contribution in [2.24, 2.45) is 0 Å². The standard InChI is InChI=1S/C15H17N3O/c1-8-9(2)18-13-11(14(8)19)6-10(15(3,4)5)7-12(13)16-17-18/h6-7H,1-5H3. The highest BCUT2D eigenvalue weighted by Crippen LogP contribution is 2.28. The molecule has 0 unspecified atom stereocenters. The molecule has 0 aliphatic heterocycles. The summed E-state index contributed by atoms with van der Waals surface area (Å²) in [5.41, 5.74) is 4.42. The Morgan fingerprint density at radius 1 is 1.16 bits per heavy atom. The van der Waals surface area contributed by atoms with Crippen LogP contribution in [-0.4, -0.2) is 14.8 Å². The summed E-state index contributed by atoms with van der Waals surface area (Å²) in [4.78, 5) is 12.5. The zero-order chi connectivity index (χ0) is 13.9. The zero-order valence-corrected chi connectivity index (χ0v) is 11.9. The Morgan fingerprint density at radius 3 is 2.47 bits per heavy atom. The predicted molar refractivity (Wildman–Crippen MR) is 76.1 cm³/mol. The molecule has 4 heteroatoms. The average molecular weight is 255 g/mol. The van der Waals surface area contributed by atoms with E-state index in [9.17, 15) is 4.79 Å². The molecule has 1 aromatic carbocycles. The van der Waals surface area contributed by atoms with Gasteiger partial charge >= 0.3 is 0 Å². The molecule has 0 fully saturated rings. The van der Waals surface area contributed by atoms with E-state index in [1.807, 2.05) is 26.0 Å². The van der Waals surface area contributed by atoms with E-state index in [4.69, 9.17) is 0 Å². The second-order valence-corrected chi connectivity index (χ2v) is 6.18. The topological polar surface area (TPSA) is 47.3 Å². The van der Waals surface area contributed by atoms with Crippen LogP contribution in [0.4, 0.5) is 0 Å². The molecule has 0 N–H and O–H groups in total. The van der Waals surface area contributed by atoms with Gasteiger partial charge in [0, 0.05) is 11.3 Å². The number of benzene rings is 1. The third-order valence-electron chi connectivity index (χ3n) is 3.86. The summed E-state index contributed by atoms with van der Waals surface area (Å²) in [6.07, 6.45) is 0. The van der Waals surface area contributed by atoms with Crippen LogP contribution in [0.25, 0.3) is 16.4 Å². The fourth-order valence-electron chi connectivity index (χ4n) is 2.42. The Hall–Kier alpha value is -1.97. The van der Waals surface area contributed by atoms with Crippen molar-refractivity contribution in [1.82, 2.24) is 14.8 Å². The molecule has 0 aliphatic carbocycles. The Balaban J connectivity index is 2.58. The summed E-state index contributed by atoms with van der Waals surface area (Å²) < 4.78 is 1.77. The van der Waals surface area contributed by atoms with Crippen molar-refractivity contribution in [3.8, 4) is 0 Å². The van der Waals surface area contributed by atoms with E-state index in [0.717, 1.165) is 33.2 Å². The van der Waals surface area contributed by atoms with Crippen LogP contribution in [0.2, 0.25) is 0 Å². The number of aryl methyl sites for hydroxylation is 1. The van der Waals surface area contributed by atoms with Crippen LogP contribution in [0.5, 0.6) is 0 Å². The van der Waals surface area contributed by atoms with Crippen LogP contribution in [-0.2, 0) is 5.41 Å². The fraction of sp³-hybridized carbons (Fsp3) is 0.400. The molecule has 19 heavy (non-hydrogen) atoms. The van der Waals surface area contributed by atoms with Crippen molar-refractivity contribution in [1.29, 1.82) is 0 Å². The lowest BCUT2D eigenvalue weighted by atomic mass is 9.86. The van der Waals surface area contributed by atoms with Gasteiger partial charge in [-0.15, -0.1) is 5.10 Å². The molecule has 0 atom stereocenters. The Kier molecular flexibility index (Phi) is 2.24. The van der Waals surface area contributed by atoms with E-state index >= 15 is 0 Å². The molecular formula is C15H17N3O. The van der Waals surface area contributed by atoms with Gasteiger partial charge in [0.1, 0.15) is 11.0 Å². The molecule has 98 valence electrons. The van der Waals surface area contributed by atoms with E-state index in [1.165, 1.54) is 0 Å². The summed E-state index contributed by atoms with van der Waals surface area (Å²) in [7, 11) is 0. The van der Waals surface area contributed by atoms with Gasteiger partial charge in [-0.25, -0.2) is 4.52 Å². The van der Waals surface area contributed by atoms with Gasteiger partial charge in [0.15, 0.2) is 5.43 Å². The summed E-state index contributed by atoms with van der Waals surface area (Å²) in [6.45, 7) is 10.1. The van der Waals surface area contributed by atoms with Crippen LogP contribution in [0.15, 0.2) is 16.9 Å². The first-order valence-electron chi connectivity index (χ1n) is 6.43. The van der Waals surface area contributed by atoms with Crippen molar-refractivity contribution in [3.63, 3.8) is 0 Å². The maximum absolute atomic E-state index is 12.5. The number of nitrogens with zero attached hydrogens (tertiary/aromatic N) is 3. The lowest BCUT2D eigenvalue weighted by Gasteiger charge is -2.19. The molecule has 0 amide bonds. The lowest BCUT2D eigenvalue weighted by Crippen LogP contribution is -2.15. The van der Waals surface area contributed by atoms with Gasteiger partial charge in [0.2, 0.25) is 0 Å². The van der Waals surface area contributed by atoms with Gasteiger partial charge in [-0.05, 0) is 37.0 Å². The van der Waals surface area contributed by atoms with Crippen molar-refractivity contribution in [2.45, 2.75) is 40.0 Å². The molecule has 4 nitrogen and oxygen atoms in total. The normalized spacial score (nSPS) is 12.7. The zero-order valence-electron chi connectivity index (χ0n) is 11.9. The van der Waals surface area contributed by atoms with Gasteiger partial charge in [-0.3, -0.25) is 4.79 Å². The Bertz CT molecular complexity index is 840. The SMILES string of the molecule is Cc1c(C)n2nnc3cc(C(C)(C)C)cc(c1=O)c32. The highest BCUT2D eigenvalue weighted by atomic mass is 16.1. The second-order valence-electron chi connectivity index (χ2n) is 6.18. The number of hydrogen-bond donors (Lipinski definition) is 0. The molecule has 3 aromatic rings. The van der Waals surface area contributed by atoms with Gasteiger partial charge in [0.05, 0.1) is 5.39 Å². The van der Waals surface area contributed by atoms with Crippen LogP contribution in [0, 0.1) is 13.8 Å². The number of hydrogen-bond acceptors (Lipinski definition) is 3. The van der Waals surface area contributed by atoms with Crippen LogP contribution in [0.1, 0.15) is 37.6 Å². The van der Waals surface area contributed by atoms with Crippen LogP contribution in [0.3, 0.4) is 0 Å². The van der Waals surface area contributed by atoms with E-state index < -0.39 is 0 Å². The molecule has 2 aromatic heterocycles. The minimum Gasteiger partial charge on any atom is -0.289 e. The third-order valence-corrected chi connectivity index (χ3v) is 3.86. The molecule has 3 rings (SSSR count). The van der Waals surface area contributed by atoms with Gasteiger partial charge in [0.25, 0.3) is 0 Å². The lowest BCUT2D eigenvalue weighted by molar-refractivity contribution is 0.591. The van der Waals surface area contributed by atoms with Gasteiger partial charge in [-0.2, -0.15) is 0 Å². The molecule has 0 aliphatic rings. The average Bonchev–Trinajstić information content (AvgIpc) is 2.76. The fourth-order valence-corrected chi connectivity index (χ4v) is 2.42. The molecule has 2 heterocycles. The molecule has 0 bridgehead atoms. The summed E-state index contributed by atoms with van der Waals surface area (Å²) in [5, 5.41) is 9.10. The van der Waals surface area contributed by atoms with E-state index in [-0.39, 0.29) is 10.8 Å². The smallest absolute Gasteiger partial charge is 0.192 e. The van der Waals surface area contributed by atoms with Gasteiger partial charge < -0.3 is 0 Å². The minimum atomic E-state index is -0.0150. The first kappa shape index (κ1) is 12.1. The monoisotopic (exact) mass is 255 g/mol. The van der Waals surface area contributed by atoms with Crippen LogP contribution >= 0.6 is 0 Å². The summed E-state index contributed by atoms with van der Waals surface area (Å²) in [6, 6.07) is 4.02. The number of pyridine rings is 1. The highest BCUT2D eigenvalue weighted by Gasteiger charge is 2.20. The largest absolute Gasteiger partial charge is 0.289 e. The van der Waals surface area contributed by atoms with E-state index in [0.29, 0.717) is 0 Å². The van der Waals surface area contributed by atoms with Crippen LogP contribution < -0.4 is 5.43 Å². The summed E-state index contributed by atoms with van der Waals surface area (Å²) in [5.74, 6) is 0. The van der Waals surface area contributed by atoms with E-state index in [1.54, 1.807) is 4.52 Å². The molecule has 0 saturated carbocycles. The van der Waals surface area contributed by atoms with Crippen molar-refractivity contribution in [3.05, 3.63) is 39.2 Å². The van der Waals surface area contributed by atoms with Crippen molar-refractivity contribution in [2.75, 3.05) is 0 Å². The predicted octanol–water partition coefficient (Wildman–Crippen LogP) is 2.59. The number of aromatic nitrogens is 3. The first-order valence-corrected chi connectivity index (χ1v) is 6.43. The molecule has 0 saturated heterocycles. The van der Waals surface area contributed by atoms with Crippen molar-refractivity contribution >= 4 is 16.4 Å². The number of rotatable bonds is 0. The quantitative estimate of drug-likeness (QED) is 0.620. The maximum Gasteiger partial charge on any atom is 0.192 e. The second kappa shape index (κ2) is 3.53. The van der Waals surface area contributed by atoms with Crippen molar-refractivity contribution < 1.29 is 0 Å². The molecule has 0 spiro atoms. The summed E-state index contributed by atoms with van der Waals surface area (Å²) >= 11 is 0. The third kappa shape index (κ3) is 1.56. The van der Waals surface area contributed by atoms with Gasteiger partial charge in [-0.1, -0.05) is 26.0 Å². The minimum absolute atomic E-state index is 0.0150. The first-order chi connectivity index (χ1) is 8.80. The Morgan fingerprint density at radius 2 is 1.84 bits per heavy atom. The molecular weight excluding hydrogens is 238 g/mol.